The van der Waals surface area contributed by atoms with Crippen molar-refractivity contribution in [2.24, 2.45) is 5.92 Å². The summed E-state index contributed by atoms with van der Waals surface area (Å²) in [7, 11) is 1.79. The summed E-state index contributed by atoms with van der Waals surface area (Å²) >= 11 is 0. The minimum absolute atomic E-state index is 0.254. The summed E-state index contributed by atoms with van der Waals surface area (Å²) in [4.78, 5) is 13.5. The number of carbonyl (C=O) groups is 1. The summed E-state index contributed by atoms with van der Waals surface area (Å²) in [6.45, 7) is 11.1. The van der Waals surface area contributed by atoms with Crippen LogP contribution in [-0.2, 0) is 9.47 Å². The number of hydrogen-bond donors (Lipinski definition) is 1. The molecule has 0 bridgehead atoms. The Balaban J connectivity index is 2.23. The molecule has 5 nitrogen and oxygen atoms in total. The molecule has 0 aromatic rings. The molecule has 20 heavy (non-hydrogen) atoms. The second kappa shape index (κ2) is 7.84. The van der Waals surface area contributed by atoms with E-state index in [1.54, 1.807) is 11.9 Å². The predicted molar refractivity (Wildman–Crippen MR) is 79.9 cm³/mol. The molecule has 1 saturated heterocycles. The van der Waals surface area contributed by atoms with E-state index >= 15 is 0 Å². The third-order valence-corrected chi connectivity index (χ3v) is 3.27. The average molecular weight is 286 g/mol. The predicted octanol–water partition coefficient (Wildman–Crippen LogP) is 2.26. The average Bonchev–Trinajstić information content (AvgIpc) is 2.35. The maximum atomic E-state index is 11.9. The van der Waals surface area contributed by atoms with Gasteiger partial charge in [-0.2, -0.15) is 0 Å². The van der Waals surface area contributed by atoms with Crippen LogP contribution in [0.1, 0.15) is 40.5 Å². The molecule has 1 heterocycles. The number of carbonyl (C=O) groups excluding carboxylic acids is 1. The van der Waals surface area contributed by atoms with Crippen LogP contribution >= 0.6 is 0 Å². The van der Waals surface area contributed by atoms with Crippen molar-refractivity contribution < 1.29 is 14.3 Å². The van der Waals surface area contributed by atoms with E-state index in [9.17, 15) is 4.79 Å². The standard InChI is InChI=1S/C15H30N2O3/c1-12(10-16-13-6-8-19-9-7-13)11-17(5)14(18)20-15(2,3)4/h12-13,16H,6-11H2,1-5H3. The van der Waals surface area contributed by atoms with Gasteiger partial charge in [-0.25, -0.2) is 4.79 Å². The largest absolute Gasteiger partial charge is 0.444 e. The summed E-state index contributed by atoms with van der Waals surface area (Å²) in [6, 6.07) is 0.554. The van der Waals surface area contributed by atoms with Crippen LogP contribution in [0.2, 0.25) is 0 Å². The Kier molecular flexibility index (Phi) is 6.76. The van der Waals surface area contributed by atoms with Gasteiger partial charge < -0.3 is 19.7 Å². The SMILES string of the molecule is CC(CNC1CCOCC1)CN(C)C(=O)OC(C)(C)C. The highest BCUT2D eigenvalue weighted by Gasteiger charge is 2.21. The van der Waals surface area contributed by atoms with E-state index in [-0.39, 0.29) is 6.09 Å². The lowest BCUT2D eigenvalue weighted by molar-refractivity contribution is 0.0274. The van der Waals surface area contributed by atoms with Gasteiger partial charge in [-0.1, -0.05) is 6.92 Å². The van der Waals surface area contributed by atoms with Gasteiger partial charge >= 0.3 is 6.09 Å². The molecule has 0 aromatic heterocycles. The van der Waals surface area contributed by atoms with Crippen molar-refractivity contribution >= 4 is 6.09 Å². The van der Waals surface area contributed by atoms with Crippen molar-refractivity contribution in [1.29, 1.82) is 0 Å². The van der Waals surface area contributed by atoms with Crippen molar-refractivity contribution in [3.8, 4) is 0 Å². The third-order valence-electron chi connectivity index (χ3n) is 3.27. The molecule has 1 aliphatic rings. The summed E-state index contributed by atoms with van der Waals surface area (Å²) in [5, 5.41) is 3.56. The quantitative estimate of drug-likeness (QED) is 0.842. The van der Waals surface area contributed by atoms with Crippen molar-refractivity contribution in [3.05, 3.63) is 0 Å². The van der Waals surface area contributed by atoms with Crippen LogP contribution in [0, 0.1) is 5.92 Å². The van der Waals surface area contributed by atoms with E-state index in [0.29, 0.717) is 18.5 Å². The Labute approximate surface area is 123 Å². The molecule has 1 atom stereocenters. The number of ether oxygens (including phenoxy) is 2. The van der Waals surface area contributed by atoms with E-state index in [1.165, 1.54) is 0 Å². The number of amides is 1. The van der Waals surface area contributed by atoms with Crippen LogP contribution in [-0.4, -0.2) is 56.0 Å². The first-order chi connectivity index (χ1) is 9.28. The molecule has 1 amide bonds. The Hall–Kier alpha value is -0.810. The van der Waals surface area contributed by atoms with E-state index in [1.807, 2.05) is 20.8 Å². The Morgan fingerprint density at radius 1 is 1.40 bits per heavy atom. The normalized spacial score (nSPS) is 18.6. The minimum atomic E-state index is -0.436. The van der Waals surface area contributed by atoms with E-state index in [4.69, 9.17) is 9.47 Å². The molecule has 0 aliphatic carbocycles. The Bertz CT molecular complexity index is 296. The molecule has 118 valence electrons. The summed E-state index contributed by atoms with van der Waals surface area (Å²) in [6.07, 6.45) is 1.90. The van der Waals surface area contributed by atoms with Gasteiger partial charge in [0, 0.05) is 32.8 Å². The molecule has 0 saturated carbocycles. The lowest BCUT2D eigenvalue weighted by atomic mass is 10.1. The molecule has 0 aromatic carbocycles. The highest BCUT2D eigenvalue weighted by atomic mass is 16.6. The minimum Gasteiger partial charge on any atom is -0.444 e. The number of rotatable bonds is 5. The third kappa shape index (κ3) is 7.10. The fraction of sp³-hybridized carbons (Fsp3) is 0.933. The first-order valence-corrected chi connectivity index (χ1v) is 7.53. The molecular weight excluding hydrogens is 256 g/mol. The van der Waals surface area contributed by atoms with Crippen molar-refractivity contribution in [2.75, 3.05) is 33.4 Å². The molecule has 0 radical (unpaired) electrons. The van der Waals surface area contributed by atoms with Crippen LogP contribution in [0.15, 0.2) is 0 Å². The fourth-order valence-electron chi connectivity index (χ4n) is 2.22. The smallest absolute Gasteiger partial charge is 0.410 e. The second-order valence-electron chi connectivity index (χ2n) is 6.76. The lowest BCUT2D eigenvalue weighted by Gasteiger charge is -2.28. The highest BCUT2D eigenvalue weighted by molar-refractivity contribution is 5.67. The van der Waals surface area contributed by atoms with Gasteiger partial charge in [-0.15, -0.1) is 0 Å². The van der Waals surface area contributed by atoms with Gasteiger partial charge in [0.2, 0.25) is 0 Å². The van der Waals surface area contributed by atoms with Crippen LogP contribution < -0.4 is 5.32 Å². The van der Waals surface area contributed by atoms with Gasteiger partial charge in [0.15, 0.2) is 0 Å². The van der Waals surface area contributed by atoms with Gasteiger partial charge in [-0.05, 0) is 46.1 Å². The van der Waals surface area contributed by atoms with E-state index < -0.39 is 5.60 Å². The fourth-order valence-corrected chi connectivity index (χ4v) is 2.22. The zero-order chi connectivity index (χ0) is 15.2. The topological polar surface area (TPSA) is 50.8 Å². The number of hydrogen-bond acceptors (Lipinski definition) is 4. The molecule has 1 N–H and O–H groups in total. The van der Waals surface area contributed by atoms with Crippen LogP contribution in [0.3, 0.4) is 0 Å². The maximum Gasteiger partial charge on any atom is 0.410 e. The van der Waals surface area contributed by atoms with Crippen LogP contribution in [0.5, 0.6) is 0 Å². The molecule has 1 aliphatic heterocycles. The zero-order valence-electron chi connectivity index (χ0n) is 13.6. The first-order valence-electron chi connectivity index (χ1n) is 7.53. The summed E-state index contributed by atoms with van der Waals surface area (Å²) in [5.41, 5.74) is -0.436. The Morgan fingerprint density at radius 3 is 2.55 bits per heavy atom. The van der Waals surface area contributed by atoms with Crippen molar-refractivity contribution in [2.45, 2.75) is 52.2 Å². The van der Waals surface area contributed by atoms with Crippen LogP contribution in [0.25, 0.3) is 0 Å². The molecule has 1 fully saturated rings. The first kappa shape index (κ1) is 17.2. The maximum absolute atomic E-state index is 11.9. The molecule has 5 heteroatoms. The van der Waals surface area contributed by atoms with E-state index in [2.05, 4.69) is 12.2 Å². The summed E-state index contributed by atoms with van der Waals surface area (Å²) in [5.74, 6) is 0.398. The van der Waals surface area contributed by atoms with Crippen molar-refractivity contribution in [1.82, 2.24) is 10.2 Å². The highest BCUT2D eigenvalue weighted by Crippen LogP contribution is 2.11. The number of nitrogens with one attached hydrogen (secondary N) is 1. The lowest BCUT2D eigenvalue weighted by Crippen LogP contribution is -2.41. The number of nitrogens with zero attached hydrogens (tertiary/aromatic N) is 1. The van der Waals surface area contributed by atoms with Gasteiger partial charge in [0.25, 0.3) is 0 Å². The molecule has 1 unspecified atom stereocenters. The van der Waals surface area contributed by atoms with Gasteiger partial charge in [0.05, 0.1) is 0 Å². The molecule has 0 spiro atoms. The summed E-state index contributed by atoms with van der Waals surface area (Å²) < 4.78 is 10.7. The van der Waals surface area contributed by atoms with E-state index in [0.717, 1.165) is 32.6 Å². The van der Waals surface area contributed by atoms with Gasteiger partial charge in [0.1, 0.15) is 5.60 Å². The Morgan fingerprint density at radius 2 is 2.00 bits per heavy atom. The zero-order valence-corrected chi connectivity index (χ0v) is 13.6. The van der Waals surface area contributed by atoms with Gasteiger partial charge in [-0.3, -0.25) is 0 Å². The van der Waals surface area contributed by atoms with Crippen molar-refractivity contribution in [3.63, 3.8) is 0 Å². The van der Waals surface area contributed by atoms with Crippen LogP contribution in [0.4, 0.5) is 4.79 Å². The molecular formula is C15H30N2O3. The molecule has 1 rings (SSSR count). The monoisotopic (exact) mass is 286 g/mol. The second-order valence-corrected chi connectivity index (χ2v) is 6.76.